The lowest BCUT2D eigenvalue weighted by molar-refractivity contribution is 0.198. The van der Waals surface area contributed by atoms with Crippen molar-refractivity contribution < 1.29 is 13.2 Å². The number of imidazole rings is 1. The van der Waals surface area contributed by atoms with Gasteiger partial charge in [0.1, 0.15) is 11.6 Å². The maximum Gasteiger partial charge on any atom is 0.164 e. The summed E-state index contributed by atoms with van der Waals surface area (Å²) >= 11 is 0. The molecule has 6 heteroatoms. The summed E-state index contributed by atoms with van der Waals surface area (Å²) in [6, 6.07) is 8.04. The first kappa shape index (κ1) is 17.7. The Kier molecular flexibility index (Phi) is 4.38. The number of halogens is 3. The average Bonchev–Trinajstić information content (AvgIpc) is 3.05. The Balaban J connectivity index is 1.34. The van der Waals surface area contributed by atoms with Crippen LogP contribution in [0.15, 0.2) is 30.3 Å². The quantitative estimate of drug-likeness (QED) is 0.647. The van der Waals surface area contributed by atoms with E-state index in [1.54, 1.807) is 0 Å². The van der Waals surface area contributed by atoms with Crippen LogP contribution >= 0.6 is 0 Å². The Hall–Kier alpha value is -2.34. The van der Waals surface area contributed by atoms with Crippen LogP contribution in [0.4, 0.5) is 13.2 Å². The van der Waals surface area contributed by atoms with Gasteiger partial charge in [-0.2, -0.15) is 0 Å². The molecule has 1 fully saturated rings. The van der Waals surface area contributed by atoms with Crippen LogP contribution in [0.25, 0.3) is 11.0 Å². The largest absolute Gasteiger partial charge is 0.327 e. The molecule has 5 rings (SSSR count). The van der Waals surface area contributed by atoms with Crippen molar-refractivity contribution >= 4 is 11.0 Å². The van der Waals surface area contributed by atoms with Crippen molar-refractivity contribution in [3.63, 3.8) is 0 Å². The highest BCUT2D eigenvalue weighted by Crippen LogP contribution is 2.32. The summed E-state index contributed by atoms with van der Waals surface area (Å²) in [6.07, 6.45) is 3.40. The van der Waals surface area contributed by atoms with Crippen LogP contribution in [0.1, 0.15) is 42.1 Å². The molecule has 28 heavy (non-hydrogen) atoms. The van der Waals surface area contributed by atoms with Gasteiger partial charge in [0.05, 0.1) is 17.6 Å². The summed E-state index contributed by atoms with van der Waals surface area (Å²) in [6.45, 7) is 3.35. The zero-order valence-electron chi connectivity index (χ0n) is 15.6. The van der Waals surface area contributed by atoms with Crippen molar-refractivity contribution in [3.8, 4) is 0 Å². The van der Waals surface area contributed by atoms with Gasteiger partial charge in [-0.25, -0.2) is 18.2 Å². The minimum Gasteiger partial charge on any atom is -0.327 e. The van der Waals surface area contributed by atoms with Gasteiger partial charge in [0, 0.05) is 18.2 Å². The zero-order valence-corrected chi connectivity index (χ0v) is 15.6. The van der Waals surface area contributed by atoms with Crippen LogP contribution in [0.2, 0.25) is 0 Å². The van der Waals surface area contributed by atoms with Crippen molar-refractivity contribution in [2.45, 2.75) is 44.7 Å². The summed E-state index contributed by atoms with van der Waals surface area (Å²) in [4.78, 5) is 6.99. The van der Waals surface area contributed by atoms with E-state index in [2.05, 4.69) is 14.5 Å². The van der Waals surface area contributed by atoms with E-state index in [9.17, 15) is 13.2 Å². The highest BCUT2D eigenvalue weighted by atomic mass is 19.2. The Bertz CT molecular complexity index is 1020. The molecule has 0 unspecified atom stereocenters. The van der Waals surface area contributed by atoms with Gasteiger partial charge in [0.15, 0.2) is 11.6 Å². The average molecular weight is 385 g/mol. The minimum absolute atomic E-state index is 0.200. The molecule has 2 aliphatic rings. The van der Waals surface area contributed by atoms with Crippen LogP contribution in [-0.4, -0.2) is 27.5 Å². The van der Waals surface area contributed by atoms with E-state index in [0.29, 0.717) is 30.0 Å². The first-order valence-corrected chi connectivity index (χ1v) is 9.94. The lowest BCUT2D eigenvalue weighted by Gasteiger charge is -2.32. The summed E-state index contributed by atoms with van der Waals surface area (Å²) in [5, 5.41) is 0. The Morgan fingerprint density at radius 1 is 1.00 bits per heavy atom. The van der Waals surface area contributed by atoms with Gasteiger partial charge in [-0.15, -0.1) is 0 Å². The second-order valence-electron chi connectivity index (χ2n) is 7.90. The van der Waals surface area contributed by atoms with Crippen molar-refractivity contribution in [1.29, 1.82) is 0 Å². The monoisotopic (exact) mass is 385 g/mol. The number of likely N-dealkylation sites (tertiary alicyclic amines) is 1. The Morgan fingerprint density at radius 3 is 2.50 bits per heavy atom. The number of hydrogen-bond donors (Lipinski definition) is 0. The first-order chi connectivity index (χ1) is 13.6. The molecule has 0 atom stereocenters. The van der Waals surface area contributed by atoms with Gasteiger partial charge < -0.3 is 4.57 Å². The molecule has 3 aromatic rings. The van der Waals surface area contributed by atoms with Gasteiger partial charge in [-0.3, -0.25) is 4.90 Å². The maximum atomic E-state index is 14.2. The van der Waals surface area contributed by atoms with E-state index in [-0.39, 0.29) is 5.82 Å². The van der Waals surface area contributed by atoms with E-state index in [4.69, 9.17) is 0 Å². The normalized spacial score (nSPS) is 18.1. The maximum absolute atomic E-state index is 14.2. The third-order valence-electron chi connectivity index (χ3n) is 6.20. The van der Waals surface area contributed by atoms with Crippen molar-refractivity contribution in [2.24, 2.45) is 0 Å². The third-order valence-corrected chi connectivity index (χ3v) is 6.20. The Morgan fingerprint density at radius 2 is 1.75 bits per heavy atom. The number of nitrogens with zero attached hydrogens (tertiary/aromatic N) is 3. The number of piperidine rings is 1. The van der Waals surface area contributed by atoms with Gasteiger partial charge in [0.2, 0.25) is 0 Å². The molecule has 2 aliphatic heterocycles. The molecule has 146 valence electrons. The number of rotatable bonds is 3. The van der Waals surface area contributed by atoms with Gasteiger partial charge in [-0.05, 0) is 62.4 Å². The number of aromatic nitrogens is 2. The molecule has 0 radical (unpaired) electrons. The van der Waals surface area contributed by atoms with E-state index < -0.39 is 11.6 Å². The highest BCUT2D eigenvalue weighted by Gasteiger charge is 2.26. The highest BCUT2D eigenvalue weighted by molar-refractivity contribution is 5.80. The molecule has 0 saturated carbocycles. The fourth-order valence-corrected chi connectivity index (χ4v) is 4.73. The molecule has 1 aromatic heterocycles. The van der Waals surface area contributed by atoms with Crippen molar-refractivity contribution in [2.75, 3.05) is 13.1 Å². The predicted molar refractivity (Wildman–Crippen MR) is 102 cm³/mol. The van der Waals surface area contributed by atoms with Crippen LogP contribution in [0.5, 0.6) is 0 Å². The minimum atomic E-state index is -0.805. The molecule has 0 spiro atoms. The molecular formula is C22H22F3N3. The predicted octanol–water partition coefficient (Wildman–Crippen LogP) is 4.78. The van der Waals surface area contributed by atoms with Crippen LogP contribution < -0.4 is 0 Å². The van der Waals surface area contributed by atoms with E-state index >= 15 is 0 Å². The molecule has 0 N–H and O–H groups in total. The molecule has 0 aliphatic carbocycles. The second kappa shape index (κ2) is 6.92. The van der Waals surface area contributed by atoms with Crippen LogP contribution in [-0.2, 0) is 19.5 Å². The molecule has 0 amide bonds. The Labute approximate surface area is 161 Å². The van der Waals surface area contributed by atoms with Crippen LogP contribution in [0.3, 0.4) is 0 Å². The van der Waals surface area contributed by atoms with Gasteiger partial charge >= 0.3 is 0 Å². The van der Waals surface area contributed by atoms with E-state index in [0.717, 1.165) is 50.2 Å². The van der Waals surface area contributed by atoms with Crippen molar-refractivity contribution in [1.82, 2.24) is 14.5 Å². The molecule has 3 heterocycles. The van der Waals surface area contributed by atoms with E-state index in [1.807, 2.05) is 12.1 Å². The summed E-state index contributed by atoms with van der Waals surface area (Å²) in [5.41, 5.74) is 2.99. The summed E-state index contributed by atoms with van der Waals surface area (Å²) < 4.78 is 43.3. The SMILES string of the molecule is Fc1ccc(C2CCN(Cc3nc4cc(F)c(F)c5c4n3CCC5)CC2)cc1. The summed E-state index contributed by atoms with van der Waals surface area (Å²) in [5.74, 6) is -0.389. The van der Waals surface area contributed by atoms with Crippen molar-refractivity contribution in [3.05, 3.63) is 64.7 Å². The third kappa shape index (κ3) is 3.00. The smallest absolute Gasteiger partial charge is 0.164 e. The molecule has 1 saturated heterocycles. The molecule has 3 nitrogen and oxygen atoms in total. The topological polar surface area (TPSA) is 21.1 Å². The fourth-order valence-electron chi connectivity index (χ4n) is 4.73. The summed E-state index contributed by atoms with van der Waals surface area (Å²) in [7, 11) is 0. The molecule has 2 aromatic carbocycles. The molecule has 0 bridgehead atoms. The van der Waals surface area contributed by atoms with E-state index in [1.165, 1.54) is 23.8 Å². The standard InChI is InChI=1S/C22H22F3N3/c23-16-5-3-14(4-6-16)15-7-10-27(11-8-15)13-20-26-19-12-18(24)21(25)17-2-1-9-28(20)22(17)19/h3-6,12,15H,1-2,7-11,13H2. The first-order valence-electron chi connectivity index (χ1n) is 9.94. The number of hydrogen-bond acceptors (Lipinski definition) is 2. The molecular weight excluding hydrogens is 363 g/mol. The number of benzene rings is 2. The zero-order chi connectivity index (χ0) is 19.3. The number of aryl methyl sites for hydroxylation is 2. The second-order valence-corrected chi connectivity index (χ2v) is 7.90. The fraction of sp³-hybridized carbons (Fsp3) is 0.409. The lowest BCUT2D eigenvalue weighted by Crippen LogP contribution is -2.33. The lowest BCUT2D eigenvalue weighted by atomic mass is 9.89. The van der Waals surface area contributed by atoms with Gasteiger partial charge in [-0.1, -0.05) is 12.1 Å². The van der Waals surface area contributed by atoms with Crippen LogP contribution in [0, 0.1) is 17.5 Å². The van der Waals surface area contributed by atoms with Gasteiger partial charge in [0.25, 0.3) is 0 Å².